The number of hydrogen-bond donors (Lipinski definition) is 2. The van der Waals surface area contributed by atoms with Crippen LogP contribution in [0.5, 0.6) is 0 Å². The van der Waals surface area contributed by atoms with Gasteiger partial charge in [-0.3, -0.25) is 0 Å². The molecule has 2 heterocycles. The largest absolute Gasteiger partial charge is 0.356 e. The van der Waals surface area contributed by atoms with Gasteiger partial charge >= 0.3 is 6.03 Å². The van der Waals surface area contributed by atoms with Crippen LogP contribution in [0.15, 0.2) is 77.3 Å². The molecule has 0 spiro atoms. The van der Waals surface area contributed by atoms with E-state index in [0.29, 0.717) is 24.2 Å². The molecule has 150 valence electrons. The van der Waals surface area contributed by atoms with Crippen LogP contribution in [0.1, 0.15) is 22.9 Å². The monoisotopic (exact) mass is 463 g/mol. The molecule has 3 aromatic carbocycles. The molecular formula is C24H19BrFN3O. The molecule has 0 aliphatic carbocycles. The maximum Gasteiger partial charge on any atom is 0.322 e. The van der Waals surface area contributed by atoms with E-state index in [9.17, 15) is 9.18 Å². The number of rotatable bonds is 2. The van der Waals surface area contributed by atoms with Crippen LogP contribution in [0.4, 0.5) is 14.9 Å². The van der Waals surface area contributed by atoms with E-state index >= 15 is 0 Å². The summed E-state index contributed by atoms with van der Waals surface area (Å²) in [5.41, 5.74) is 4.18. The van der Waals surface area contributed by atoms with Crippen LogP contribution < -0.4 is 5.32 Å². The molecule has 4 nitrogen and oxygen atoms in total. The molecule has 4 aromatic rings. The van der Waals surface area contributed by atoms with Gasteiger partial charge in [0.2, 0.25) is 0 Å². The number of carbonyl (C=O) groups is 1. The fourth-order valence-corrected chi connectivity index (χ4v) is 4.64. The fourth-order valence-electron chi connectivity index (χ4n) is 4.24. The smallest absolute Gasteiger partial charge is 0.322 e. The Balaban J connectivity index is 1.60. The third-order valence-corrected chi connectivity index (χ3v) is 6.06. The Morgan fingerprint density at radius 3 is 2.70 bits per heavy atom. The van der Waals surface area contributed by atoms with Gasteiger partial charge in [0.25, 0.3) is 0 Å². The van der Waals surface area contributed by atoms with E-state index in [4.69, 9.17) is 0 Å². The van der Waals surface area contributed by atoms with Gasteiger partial charge in [0.1, 0.15) is 11.9 Å². The summed E-state index contributed by atoms with van der Waals surface area (Å²) >= 11 is 3.43. The first-order valence-electron chi connectivity index (χ1n) is 9.79. The minimum absolute atomic E-state index is 0.259. The Kier molecular flexibility index (Phi) is 4.79. The van der Waals surface area contributed by atoms with Crippen molar-refractivity contribution < 1.29 is 9.18 Å². The summed E-state index contributed by atoms with van der Waals surface area (Å²) in [6.45, 7) is 0.494. The minimum atomic E-state index is -0.533. The van der Waals surface area contributed by atoms with Gasteiger partial charge in [-0.25, -0.2) is 9.18 Å². The Hall–Kier alpha value is -3.12. The molecule has 6 heteroatoms. The third kappa shape index (κ3) is 3.27. The third-order valence-electron chi connectivity index (χ3n) is 5.57. The van der Waals surface area contributed by atoms with Crippen molar-refractivity contribution in [3.05, 3.63) is 99.9 Å². The summed E-state index contributed by atoms with van der Waals surface area (Å²) in [6, 6.07) is 21.4. The van der Waals surface area contributed by atoms with Gasteiger partial charge in [-0.15, -0.1) is 0 Å². The van der Waals surface area contributed by atoms with Crippen LogP contribution in [0.3, 0.4) is 0 Å². The number of H-pyrrole nitrogens is 1. The van der Waals surface area contributed by atoms with Crippen molar-refractivity contribution in [1.82, 2.24) is 9.88 Å². The van der Waals surface area contributed by atoms with Crippen LogP contribution in [-0.2, 0) is 6.42 Å². The zero-order valence-corrected chi connectivity index (χ0v) is 17.6. The minimum Gasteiger partial charge on any atom is -0.356 e. The molecule has 2 amide bonds. The lowest BCUT2D eigenvalue weighted by atomic mass is 9.92. The molecule has 1 aliphatic heterocycles. The van der Waals surface area contributed by atoms with Crippen LogP contribution in [0.2, 0.25) is 0 Å². The number of halogens is 2. The number of hydrogen-bond acceptors (Lipinski definition) is 1. The van der Waals surface area contributed by atoms with Gasteiger partial charge in [0, 0.05) is 38.9 Å². The predicted molar refractivity (Wildman–Crippen MR) is 120 cm³/mol. The van der Waals surface area contributed by atoms with E-state index in [2.05, 4.69) is 32.3 Å². The van der Waals surface area contributed by atoms with Crippen molar-refractivity contribution >= 4 is 38.6 Å². The van der Waals surface area contributed by atoms with E-state index in [1.165, 1.54) is 6.07 Å². The van der Waals surface area contributed by atoms with E-state index in [1.807, 2.05) is 42.5 Å². The standard InChI is InChI=1S/C24H19BrFN3O/c25-15-6-5-7-16(14-15)27-24(30)29-13-12-18-17-8-2-4-11-21(17)28-22(18)23(29)19-9-1-3-10-20(19)26/h1-11,14,23,28H,12-13H2,(H,27,30). The van der Waals surface area contributed by atoms with Crippen molar-refractivity contribution in [2.75, 3.05) is 11.9 Å². The molecular weight excluding hydrogens is 445 g/mol. The number of aromatic nitrogens is 1. The van der Waals surface area contributed by atoms with Gasteiger partial charge in [0.05, 0.1) is 0 Å². The second kappa shape index (κ2) is 7.61. The van der Waals surface area contributed by atoms with E-state index < -0.39 is 6.04 Å². The zero-order chi connectivity index (χ0) is 20.7. The Labute approximate surface area is 181 Å². The van der Waals surface area contributed by atoms with Crippen molar-refractivity contribution in [3.63, 3.8) is 0 Å². The lowest BCUT2D eigenvalue weighted by Crippen LogP contribution is -2.43. The van der Waals surface area contributed by atoms with Crippen LogP contribution >= 0.6 is 15.9 Å². The van der Waals surface area contributed by atoms with Gasteiger partial charge in [0.15, 0.2) is 0 Å². The zero-order valence-electron chi connectivity index (χ0n) is 16.0. The molecule has 30 heavy (non-hydrogen) atoms. The number of nitrogens with zero attached hydrogens (tertiary/aromatic N) is 1. The molecule has 1 aromatic heterocycles. The predicted octanol–water partition coefficient (Wildman–Crippen LogP) is 6.25. The first-order valence-corrected chi connectivity index (χ1v) is 10.6. The van der Waals surface area contributed by atoms with Gasteiger partial charge in [-0.1, -0.05) is 58.4 Å². The van der Waals surface area contributed by atoms with Crippen molar-refractivity contribution in [2.45, 2.75) is 12.5 Å². The Morgan fingerprint density at radius 2 is 1.87 bits per heavy atom. The fraction of sp³-hybridized carbons (Fsp3) is 0.125. The maximum atomic E-state index is 14.9. The molecule has 1 atom stereocenters. The molecule has 5 rings (SSSR count). The average molecular weight is 464 g/mol. The first kappa shape index (κ1) is 18.9. The molecule has 0 saturated heterocycles. The highest BCUT2D eigenvalue weighted by Gasteiger charge is 2.35. The van der Waals surface area contributed by atoms with E-state index in [-0.39, 0.29) is 11.8 Å². The first-order chi connectivity index (χ1) is 14.6. The number of nitrogens with one attached hydrogen (secondary N) is 2. The van der Waals surface area contributed by atoms with Crippen molar-refractivity contribution in [1.29, 1.82) is 0 Å². The highest BCUT2D eigenvalue weighted by Crippen LogP contribution is 2.39. The number of benzene rings is 3. The highest BCUT2D eigenvalue weighted by atomic mass is 79.9. The second-order valence-corrected chi connectivity index (χ2v) is 8.29. The summed E-state index contributed by atoms with van der Waals surface area (Å²) in [7, 11) is 0. The lowest BCUT2D eigenvalue weighted by Gasteiger charge is -2.36. The number of carbonyl (C=O) groups excluding carboxylic acids is 1. The Morgan fingerprint density at radius 1 is 1.07 bits per heavy atom. The van der Waals surface area contributed by atoms with Crippen molar-refractivity contribution in [3.8, 4) is 0 Å². The lowest BCUT2D eigenvalue weighted by molar-refractivity contribution is 0.192. The van der Waals surface area contributed by atoms with Gasteiger partial charge in [-0.05, 0) is 42.3 Å². The number of anilines is 1. The molecule has 0 fully saturated rings. The van der Waals surface area contributed by atoms with Gasteiger partial charge < -0.3 is 15.2 Å². The molecule has 2 N–H and O–H groups in total. The SMILES string of the molecule is O=C(Nc1cccc(Br)c1)N1CCc2c([nH]c3ccccc23)C1c1ccccc1F. The summed E-state index contributed by atoms with van der Waals surface area (Å²) in [5, 5.41) is 4.08. The average Bonchev–Trinajstić information content (AvgIpc) is 3.12. The normalized spacial score (nSPS) is 15.8. The van der Waals surface area contributed by atoms with Crippen LogP contribution in [0.25, 0.3) is 10.9 Å². The Bertz CT molecular complexity index is 1250. The van der Waals surface area contributed by atoms with Crippen molar-refractivity contribution in [2.24, 2.45) is 0 Å². The number of amides is 2. The van der Waals surface area contributed by atoms with E-state index in [1.54, 1.807) is 23.1 Å². The number of aromatic amines is 1. The second-order valence-electron chi connectivity index (χ2n) is 7.37. The molecule has 0 bridgehead atoms. The highest BCUT2D eigenvalue weighted by molar-refractivity contribution is 9.10. The summed E-state index contributed by atoms with van der Waals surface area (Å²) in [4.78, 5) is 18.4. The molecule has 1 unspecified atom stereocenters. The summed E-state index contributed by atoms with van der Waals surface area (Å²) in [6.07, 6.45) is 0.705. The quantitative estimate of drug-likeness (QED) is 0.362. The topological polar surface area (TPSA) is 48.1 Å². The molecule has 0 saturated carbocycles. The summed E-state index contributed by atoms with van der Waals surface area (Å²) in [5.74, 6) is -0.325. The van der Waals surface area contributed by atoms with Crippen LogP contribution in [-0.4, -0.2) is 22.5 Å². The number of para-hydroxylation sites is 1. The van der Waals surface area contributed by atoms with E-state index in [0.717, 1.165) is 26.6 Å². The number of fused-ring (bicyclic) bond motifs is 3. The van der Waals surface area contributed by atoms with Crippen LogP contribution in [0, 0.1) is 5.82 Å². The van der Waals surface area contributed by atoms with Gasteiger partial charge in [-0.2, -0.15) is 0 Å². The maximum absolute atomic E-state index is 14.9. The summed E-state index contributed by atoms with van der Waals surface area (Å²) < 4.78 is 15.7. The number of urea groups is 1. The molecule has 1 aliphatic rings. The molecule has 0 radical (unpaired) electrons.